The van der Waals surface area contributed by atoms with Crippen LogP contribution in [0.3, 0.4) is 0 Å². The first-order chi connectivity index (χ1) is 10.4. The van der Waals surface area contributed by atoms with Gasteiger partial charge in [-0.05, 0) is 25.2 Å². The van der Waals surface area contributed by atoms with E-state index >= 15 is 0 Å². The van der Waals surface area contributed by atoms with Gasteiger partial charge in [0, 0.05) is 23.7 Å². The normalized spacial score (nSPS) is 21.4. The first-order valence-electron chi connectivity index (χ1n) is 8.14. The Hall–Kier alpha value is -1.65. The van der Waals surface area contributed by atoms with Gasteiger partial charge in [-0.15, -0.1) is 0 Å². The fourth-order valence-corrected chi connectivity index (χ4v) is 2.82. The van der Waals surface area contributed by atoms with Crippen molar-refractivity contribution in [3.63, 3.8) is 0 Å². The summed E-state index contributed by atoms with van der Waals surface area (Å²) in [7, 11) is 1.46. The van der Waals surface area contributed by atoms with E-state index in [9.17, 15) is 4.79 Å². The summed E-state index contributed by atoms with van der Waals surface area (Å²) in [4.78, 5) is 20.9. The highest BCUT2D eigenvalue weighted by Gasteiger charge is 2.30. The number of carbonyl (C=O) groups is 1. The van der Waals surface area contributed by atoms with Crippen molar-refractivity contribution in [1.82, 2.24) is 9.97 Å². The molecule has 0 bridgehead atoms. The highest BCUT2D eigenvalue weighted by Crippen LogP contribution is 2.29. The van der Waals surface area contributed by atoms with Crippen LogP contribution >= 0.6 is 0 Å². The molecule has 1 aliphatic rings. The number of aromatic nitrogens is 2. The van der Waals surface area contributed by atoms with Crippen molar-refractivity contribution in [3.8, 4) is 0 Å². The number of hydrogen-bond acceptors (Lipinski definition) is 5. The fourth-order valence-electron chi connectivity index (χ4n) is 2.82. The first kappa shape index (κ1) is 16.7. The summed E-state index contributed by atoms with van der Waals surface area (Å²) in [6.07, 6.45) is 2.66. The van der Waals surface area contributed by atoms with E-state index in [-0.39, 0.29) is 17.9 Å². The lowest BCUT2D eigenvalue weighted by Gasteiger charge is -2.17. The lowest BCUT2D eigenvalue weighted by atomic mass is 10.1. The third-order valence-corrected chi connectivity index (χ3v) is 4.19. The average molecular weight is 305 g/mol. The molecule has 2 atom stereocenters. The van der Waals surface area contributed by atoms with Crippen LogP contribution in [0, 0.1) is 5.92 Å². The molecule has 22 heavy (non-hydrogen) atoms. The van der Waals surface area contributed by atoms with Gasteiger partial charge in [-0.2, -0.15) is 0 Å². The van der Waals surface area contributed by atoms with Crippen LogP contribution < -0.4 is 5.32 Å². The molecule has 1 fully saturated rings. The number of nitrogens with zero attached hydrogens (tertiary/aromatic N) is 2. The summed E-state index contributed by atoms with van der Waals surface area (Å²) in [5, 5.41) is 3.48. The quantitative estimate of drug-likeness (QED) is 0.844. The van der Waals surface area contributed by atoms with Gasteiger partial charge in [-0.3, -0.25) is 4.79 Å². The topological polar surface area (TPSA) is 64.1 Å². The van der Waals surface area contributed by atoms with Gasteiger partial charge < -0.3 is 10.1 Å². The minimum atomic E-state index is -0.0993. The highest BCUT2D eigenvalue weighted by molar-refractivity contribution is 5.72. The van der Waals surface area contributed by atoms with Crippen LogP contribution in [0.5, 0.6) is 0 Å². The molecule has 5 heteroatoms. The molecule has 1 N–H and O–H groups in total. The smallest absolute Gasteiger partial charge is 0.308 e. The maximum atomic E-state index is 11.6. The third-order valence-electron chi connectivity index (χ3n) is 4.19. The fraction of sp³-hybridized carbons (Fsp3) is 0.706. The van der Waals surface area contributed by atoms with Crippen LogP contribution in [0.1, 0.15) is 70.3 Å². The van der Waals surface area contributed by atoms with Crippen LogP contribution in [0.25, 0.3) is 0 Å². The minimum absolute atomic E-state index is 0.0125. The number of esters is 1. The molecule has 0 saturated heterocycles. The van der Waals surface area contributed by atoms with Crippen molar-refractivity contribution in [2.24, 2.45) is 5.92 Å². The largest absolute Gasteiger partial charge is 0.469 e. The van der Waals surface area contributed by atoms with Gasteiger partial charge in [0.15, 0.2) is 0 Å². The molecular weight excluding hydrogens is 278 g/mol. The second-order valence-corrected chi connectivity index (χ2v) is 6.72. The maximum Gasteiger partial charge on any atom is 0.308 e. The Morgan fingerprint density at radius 3 is 2.55 bits per heavy atom. The van der Waals surface area contributed by atoms with E-state index < -0.39 is 0 Å². The van der Waals surface area contributed by atoms with Gasteiger partial charge in [0.05, 0.1) is 13.0 Å². The number of nitrogens with one attached hydrogen (secondary N) is 1. The van der Waals surface area contributed by atoms with Crippen LogP contribution in [0.2, 0.25) is 0 Å². The summed E-state index contributed by atoms with van der Waals surface area (Å²) < 4.78 is 4.84. The van der Waals surface area contributed by atoms with Crippen molar-refractivity contribution < 1.29 is 9.53 Å². The second kappa shape index (κ2) is 7.07. The SMILES string of the molecule is COC(=O)[C@H]1CC[C@@H](Nc2cc(C(C)C)nc(C(C)C)n2)C1. The molecule has 1 aliphatic carbocycles. The second-order valence-electron chi connectivity index (χ2n) is 6.72. The van der Waals surface area contributed by atoms with Crippen LogP contribution in [-0.2, 0) is 9.53 Å². The van der Waals surface area contributed by atoms with E-state index in [1.807, 2.05) is 6.07 Å². The highest BCUT2D eigenvalue weighted by atomic mass is 16.5. The number of rotatable bonds is 5. The van der Waals surface area contributed by atoms with Crippen molar-refractivity contribution in [1.29, 1.82) is 0 Å². The predicted molar refractivity (Wildman–Crippen MR) is 87.0 cm³/mol. The first-order valence-corrected chi connectivity index (χ1v) is 8.14. The van der Waals surface area contributed by atoms with Gasteiger partial charge in [0.25, 0.3) is 0 Å². The van der Waals surface area contributed by atoms with E-state index in [2.05, 4.69) is 43.0 Å². The molecule has 0 aliphatic heterocycles. The maximum absolute atomic E-state index is 11.6. The molecule has 0 aromatic carbocycles. The van der Waals surface area contributed by atoms with E-state index in [0.717, 1.165) is 36.6 Å². The molecule has 1 aromatic rings. The Morgan fingerprint density at radius 2 is 1.95 bits per heavy atom. The zero-order valence-corrected chi connectivity index (χ0v) is 14.2. The summed E-state index contributed by atoms with van der Waals surface area (Å²) >= 11 is 0. The summed E-state index contributed by atoms with van der Waals surface area (Å²) in [6.45, 7) is 8.48. The Morgan fingerprint density at radius 1 is 1.23 bits per heavy atom. The number of anilines is 1. The van der Waals surface area contributed by atoms with Crippen molar-refractivity contribution >= 4 is 11.8 Å². The van der Waals surface area contributed by atoms with Crippen molar-refractivity contribution in [2.45, 2.75) is 64.8 Å². The van der Waals surface area contributed by atoms with E-state index in [1.165, 1.54) is 7.11 Å². The monoisotopic (exact) mass is 305 g/mol. The number of carbonyl (C=O) groups excluding carboxylic acids is 1. The Balaban J connectivity index is 2.11. The van der Waals surface area contributed by atoms with E-state index in [1.54, 1.807) is 0 Å². The molecule has 0 spiro atoms. The number of methoxy groups -OCH3 is 1. The molecule has 1 heterocycles. The van der Waals surface area contributed by atoms with Gasteiger partial charge in [0.1, 0.15) is 11.6 Å². The molecule has 122 valence electrons. The zero-order chi connectivity index (χ0) is 16.3. The summed E-state index contributed by atoms with van der Waals surface area (Å²) in [5.74, 6) is 2.32. The molecular formula is C17H27N3O2. The van der Waals surface area contributed by atoms with Crippen molar-refractivity contribution in [2.75, 3.05) is 12.4 Å². The summed E-state index contributed by atoms with van der Waals surface area (Å²) in [6, 6.07) is 2.31. The van der Waals surface area contributed by atoms with Gasteiger partial charge in [0.2, 0.25) is 0 Å². The zero-order valence-electron chi connectivity index (χ0n) is 14.2. The van der Waals surface area contributed by atoms with E-state index in [0.29, 0.717) is 11.8 Å². The van der Waals surface area contributed by atoms with Gasteiger partial charge >= 0.3 is 5.97 Å². The average Bonchev–Trinajstić information content (AvgIpc) is 2.94. The lowest BCUT2D eigenvalue weighted by Crippen LogP contribution is -2.20. The molecule has 2 rings (SSSR count). The molecule has 0 unspecified atom stereocenters. The molecule has 1 saturated carbocycles. The third kappa shape index (κ3) is 3.96. The molecule has 0 amide bonds. The van der Waals surface area contributed by atoms with Gasteiger partial charge in [-0.25, -0.2) is 9.97 Å². The molecule has 5 nitrogen and oxygen atoms in total. The van der Waals surface area contributed by atoms with Crippen molar-refractivity contribution in [3.05, 3.63) is 17.6 Å². The standard InChI is InChI=1S/C17H27N3O2/c1-10(2)14-9-15(20-16(19-14)11(3)4)18-13-7-6-12(8-13)17(21)22-5/h9-13H,6-8H2,1-5H3,(H,18,19,20)/t12-,13+/m0/s1. The molecule has 0 radical (unpaired) electrons. The van der Waals surface area contributed by atoms with Crippen LogP contribution in [0.15, 0.2) is 6.07 Å². The van der Waals surface area contributed by atoms with E-state index in [4.69, 9.17) is 4.74 Å². The minimum Gasteiger partial charge on any atom is -0.469 e. The summed E-state index contributed by atoms with van der Waals surface area (Å²) in [5.41, 5.74) is 1.06. The Labute approximate surface area is 132 Å². The Kier molecular flexibility index (Phi) is 5.37. The van der Waals surface area contributed by atoms with Gasteiger partial charge in [-0.1, -0.05) is 27.7 Å². The van der Waals surface area contributed by atoms with Crippen LogP contribution in [0.4, 0.5) is 5.82 Å². The lowest BCUT2D eigenvalue weighted by molar-refractivity contribution is -0.145. The van der Waals surface area contributed by atoms with Crippen LogP contribution in [-0.4, -0.2) is 29.1 Å². The Bertz CT molecular complexity index is 502. The number of ether oxygens (including phenoxy) is 1. The molecule has 1 aromatic heterocycles. The number of hydrogen-bond donors (Lipinski definition) is 1. The predicted octanol–water partition coefficient (Wildman–Crippen LogP) is 3.48.